The molecule has 0 fully saturated rings. The van der Waals surface area contributed by atoms with Crippen molar-refractivity contribution in [2.75, 3.05) is 24.0 Å². The van der Waals surface area contributed by atoms with Crippen LogP contribution in [0.3, 0.4) is 0 Å². The molecule has 0 aliphatic heterocycles. The number of hydrogen-bond acceptors (Lipinski definition) is 3. The molecule has 0 heterocycles. The second-order valence-corrected chi connectivity index (χ2v) is 6.04. The quantitative estimate of drug-likeness (QED) is 0.709. The largest absolute Gasteiger partial charge is 0.299 e. The Morgan fingerprint density at radius 3 is 1.77 bits per heavy atom. The Balaban J connectivity index is 4.27. The third-order valence-corrected chi connectivity index (χ3v) is 3.32. The van der Waals surface area contributed by atoms with E-state index in [0.29, 0.717) is 5.78 Å². The van der Waals surface area contributed by atoms with Crippen molar-refractivity contribution in [3.05, 3.63) is 0 Å². The number of ketones is 1. The second kappa shape index (κ2) is 5.97. The zero-order valence-electron chi connectivity index (χ0n) is 9.22. The van der Waals surface area contributed by atoms with Gasteiger partial charge in [0.05, 0.1) is 0 Å². The van der Waals surface area contributed by atoms with E-state index in [0.717, 1.165) is 11.5 Å². The van der Waals surface area contributed by atoms with Crippen molar-refractivity contribution in [3.63, 3.8) is 0 Å². The van der Waals surface area contributed by atoms with Crippen LogP contribution in [0.4, 0.5) is 0 Å². The van der Waals surface area contributed by atoms with E-state index >= 15 is 0 Å². The van der Waals surface area contributed by atoms with Crippen molar-refractivity contribution in [2.24, 2.45) is 11.3 Å². The molecule has 0 spiro atoms. The molecule has 0 atom stereocenters. The summed E-state index contributed by atoms with van der Waals surface area (Å²) >= 11 is 3.52. The number of thioether (sulfide) groups is 2. The molecule has 0 bridgehead atoms. The predicted octanol–water partition coefficient (Wildman–Crippen LogP) is 2.94. The van der Waals surface area contributed by atoms with E-state index in [1.807, 2.05) is 20.8 Å². The van der Waals surface area contributed by atoms with Gasteiger partial charge in [0.15, 0.2) is 0 Å². The first-order chi connectivity index (χ1) is 5.93. The molecule has 0 amide bonds. The molecule has 0 unspecified atom stereocenters. The molecule has 78 valence electrons. The van der Waals surface area contributed by atoms with E-state index in [2.05, 4.69) is 12.5 Å². The molecular weight excluding hydrogens is 200 g/mol. The fourth-order valence-corrected chi connectivity index (χ4v) is 2.71. The van der Waals surface area contributed by atoms with Crippen molar-refractivity contribution in [3.8, 4) is 0 Å². The van der Waals surface area contributed by atoms with Crippen LogP contribution < -0.4 is 0 Å². The van der Waals surface area contributed by atoms with Crippen LogP contribution in [0.25, 0.3) is 0 Å². The third kappa shape index (κ3) is 4.96. The van der Waals surface area contributed by atoms with Crippen LogP contribution in [-0.4, -0.2) is 29.8 Å². The summed E-state index contributed by atoms with van der Waals surface area (Å²) in [5.41, 5.74) is -0.184. The number of carbonyl (C=O) groups excluding carboxylic acids is 1. The van der Waals surface area contributed by atoms with E-state index in [1.165, 1.54) is 0 Å². The van der Waals surface area contributed by atoms with Crippen LogP contribution in [0.5, 0.6) is 0 Å². The monoisotopic (exact) mass is 220 g/mol. The summed E-state index contributed by atoms with van der Waals surface area (Å²) in [6.07, 6.45) is 4.12. The minimum absolute atomic E-state index is 0.184. The predicted molar refractivity (Wildman–Crippen MR) is 64.7 cm³/mol. The lowest BCUT2D eigenvalue weighted by molar-refractivity contribution is -0.129. The Bertz CT molecular complexity index is 155. The summed E-state index contributed by atoms with van der Waals surface area (Å²) in [5.74, 6) is 2.54. The van der Waals surface area contributed by atoms with Crippen molar-refractivity contribution in [2.45, 2.75) is 20.8 Å². The maximum atomic E-state index is 11.9. The van der Waals surface area contributed by atoms with Crippen molar-refractivity contribution >= 4 is 29.3 Å². The maximum Gasteiger partial charge on any atom is 0.142 e. The van der Waals surface area contributed by atoms with Crippen LogP contribution in [0.2, 0.25) is 0 Å². The molecule has 0 aliphatic rings. The molecule has 0 aromatic carbocycles. The van der Waals surface area contributed by atoms with Gasteiger partial charge in [0.1, 0.15) is 5.78 Å². The zero-order valence-corrected chi connectivity index (χ0v) is 10.8. The van der Waals surface area contributed by atoms with Gasteiger partial charge in [0.2, 0.25) is 0 Å². The van der Waals surface area contributed by atoms with Crippen molar-refractivity contribution in [1.29, 1.82) is 0 Å². The van der Waals surface area contributed by atoms with Gasteiger partial charge in [-0.2, -0.15) is 23.5 Å². The number of Topliss-reactive ketones (excluding diaryl/α,β-unsaturated/α-hetero) is 1. The summed E-state index contributed by atoms with van der Waals surface area (Å²) in [7, 11) is 0. The fourth-order valence-electron chi connectivity index (χ4n) is 1.21. The lowest BCUT2D eigenvalue weighted by Gasteiger charge is -2.23. The molecule has 0 N–H and O–H groups in total. The van der Waals surface area contributed by atoms with Gasteiger partial charge in [-0.05, 0) is 12.5 Å². The lowest BCUT2D eigenvalue weighted by Crippen LogP contribution is -2.31. The highest BCUT2D eigenvalue weighted by molar-refractivity contribution is 7.99. The molecule has 13 heavy (non-hydrogen) atoms. The van der Waals surface area contributed by atoms with Gasteiger partial charge < -0.3 is 0 Å². The normalized spacial score (nSPS) is 12.2. The van der Waals surface area contributed by atoms with Gasteiger partial charge in [-0.25, -0.2) is 0 Å². The molecular formula is C10H20OS2. The SMILES string of the molecule is CSCC(CSC)C(=O)C(C)(C)C. The van der Waals surface area contributed by atoms with Crippen LogP contribution in [-0.2, 0) is 4.79 Å². The van der Waals surface area contributed by atoms with E-state index in [-0.39, 0.29) is 11.3 Å². The fraction of sp³-hybridized carbons (Fsp3) is 0.900. The Kier molecular flexibility index (Phi) is 6.14. The molecule has 0 saturated heterocycles. The van der Waals surface area contributed by atoms with Gasteiger partial charge in [-0.1, -0.05) is 20.8 Å². The van der Waals surface area contributed by atoms with Crippen LogP contribution in [0.15, 0.2) is 0 Å². The summed E-state index contributed by atoms with van der Waals surface area (Å²) < 4.78 is 0. The second-order valence-electron chi connectivity index (χ2n) is 4.22. The van der Waals surface area contributed by atoms with Gasteiger partial charge in [0.25, 0.3) is 0 Å². The third-order valence-electron chi connectivity index (χ3n) is 1.85. The van der Waals surface area contributed by atoms with E-state index in [4.69, 9.17) is 0 Å². The minimum atomic E-state index is -0.184. The first-order valence-electron chi connectivity index (χ1n) is 4.45. The summed E-state index contributed by atoms with van der Waals surface area (Å²) in [6.45, 7) is 6.01. The minimum Gasteiger partial charge on any atom is -0.299 e. The van der Waals surface area contributed by atoms with Gasteiger partial charge >= 0.3 is 0 Å². The van der Waals surface area contributed by atoms with Crippen molar-refractivity contribution < 1.29 is 4.79 Å². The number of rotatable bonds is 5. The molecule has 0 aliphatic carbocycles. The Hall–Kier alpha value is 0.370. The summed E-state index contributed by atoms with van der Waals surface area (Å²) in [6, 6.07) is 0. The smallest absolute Gasteiger partial charge is 0.142 e. The Morgan fingerprint density at radius 1 is 1.15 bits per heavy atom. The maximum absolute atomic E-state index is 11.9. The zero-order chi connectivity index (χ0) is 10.5. The lowest BCUT2D eigenvalue weighted by atomic mass is 9.84. The van der Waals surface area contributed by atoms with Crippen LogP contribution >= 0.6 is 23.5 Å². The van der Waals surface area contributed by atoms with Crippen LogP contribution in [0, 0.1) is 11.3 Å². The first-order valence-corrected chi connectivity index (χ1v) is 7.24. The van der Waals surface area contributed by atoms with E-state index < -0.39 is 0 Å². The Labute approximate surface area is 90.4 Å². The number of hydrogen-bond donors (Lipinski definition) is 0. The average molecular weight is 220 g/mol. The van der Waals surface area contributed by atoms with Gasteiger partial charge in [-0.15, -0.1) is 0 Å². The molecule has 3 heteroatoms. The highest BCUT2D eigenvalue weighted by Crippen LogP contribution is 2.24. The molecule has 0 rings (SSSR count). The van der Waals surface area contributed by atoms with E-state index in [1.54, 1.807) is 23.5 Å². The van der Waals surface area contributed by atoms with Gasteiger partial charge in [0, 0.05) is 22.8 Å². The highest BCUT2D eigenvalue weighted by atomic mass is 32.2. The van der Waals surface area contributed by atoms with Crippen LogP contribution in [0.1, 0.15) is 20.8 Å². The molecule has 0 aromatic heterocycles. The van der Waals surface area contributed by atoms with E-state index in [9.17, 15) is 4.79 Å². The molecule has 0 radical (unpaired) electrons. The standard InChI is InChI=1S/C10H20OS2/c1-10(2,3)9(11)8(6-12-4)7-13-5/h8H,6-7H2,1-5H3. The molecule has 1 nitrogen and oxygen atoms in total. The average Bonchev–Trinajstić information content (AvgIpc) is 2.01. The molecule has 0 saturated carbocycles. The highest BCUT2D eigenvalue weighted by Gasteiger charge is 2.28. The molecule has 0 aromatic rings. The summed E-state index contributed by atoms with van der Waals surface area (Å²) in [4.78, 5) is 11.9. The first kappa shape index (κ1) is 13.4. The number of carbonyl (C=O) groups is 1. The topological polar surface area (TPSA) is 17.1 Å². The Morgan fingerprint density at radius 2 is 1.54 bits per heavy atom. The van der Waals surface area contributed by atoms with Gasteiger partial charge in [-0.3, -0.25) is 4.79 Å². The summed E-state index contributed by atoms with van der Waals surface area (Å²) in [5, 5.41) is 0. The van der Waals surface area contributed by atoms with Crippen molar-refractivity contribution in [1.82, 2.24) is 0 Å².